The molecule has 3 heteroatoms. The van der Waals surface area contributed by atoms with Crippen molar-refractivity contribution < 1.29 is 4.42 Å². The van der Waals surface area contributed by atoms with Gasteiger partial charge in [0, 0.05) is 0 Å². The van der Waals surface area contributed by atoms with Crippen LogP contribution in [0.3, 0.4) is 0 Å². The molecule has 1 aliphatic heterocycles. The summed E-state index contributed by atoms with van der Waals surface area (Å²) in [7, 11) is 0. The van der Waals surface area contributed by atoms with E-state index in [2.05, 4.69) is 18.7 Å². The largest absolute Gasteiger partial charge is 0.467 e. The van der Waals surface area contributed by atoms with Gasteiger partial charge in [-0.25, -0.2) is 0 Å². The van der Waals surface area contributed by atoms with Gasteiger partial charge in [0.25, 0.3) is 0 Å². The van der Waals surface area contributed by atoms with Crippen LogP contribution in [0.25, 0.3) is 0 Å². The van der Waals surface area contributed by atoms with E-state index in [1.54, 1.807) is 6.26 Å². The maximum atomic E-state index is 5.87. The second-order valence-electron chi connectivity index (χ2n) is 4.73. The highest BCUT2D eigenvalue weighted by molar-refractivity contribution is 5.20. The van der Waals surface area contributed by atoms with Gasteiger partial charge in [0.15, 0.2) is 0 Å². The minimum absolute atomic E-state index is 0.403. The molecule has 2 atom stereocenters. The predicted molar refractivity (Wildman–Crippen MR) is 65.2 cm³/mol. The Kier molecular flexibility index (Phi) is 3.66. The smallest absolute Gasteiger partial charge is 0.124 e. The molecule has 16 heavy (non-hydrogen) atoms. The van der Waals surface area contributed by atoms with Gasteiger partial charge in [0.2, 0.25) is 0 Å². The fourth-order valence-electron chi connectivity index (χ4n) is 2.78. The third-order valence-corrected chi connectivity index (χ3v) is 3.61. The van der Waals surface area contributed by atoms with Gasteiger partial charge in [0.05, 0.1) is 12.3 Å². The summed E-state index contributed by atoms with van der Waals surface area (Å²) in [6.07, 6.45) is 4.18. The van der Waals surface area contributed by atoms with Crippen LogP contribution in [0, 0.1) is 12.8 Å². The van der Waals surface area contributed by atoms with Gasteiger partial charge in [-0.15, -0.1) is 0 Å². The SMILES string of the molecule is CCCN1CCC(CN)C1c1occc1C. The Balaban J connectivity index is 2.22. The molecule has 0 saturated carbocycles. The maximum Gasteiger partial charge on any atom is 0.124 e. The molecule has 0 aromatic carbocycles. The minimum Gasteiger partial charge on any atom is -0.467 e. The molecule has 1 aromatic rings. The van der Waals surface area contributed by atoms with E-state index in [9.17, 15) is 0 Å². The molecule has 0 aliphatic carbocycles. The second kappa shape index (κ2) is 5.02. The van der Waals surface area contributed by atoms with Crippen LogP contribution in [0.15, 0.2) is 16.7 Å². The molecule has 2 rings (SSSR count). The monoisotopic (exact) mass is 222 g/mol. The van der Waals surface area contributed by atoms with Crippen LogP contribution < -0.4 is 5.73 Å². The van der Waals surface area contributed by atoms with E-state index in [1.165, 1.54) is 18.4 Å². The Morgan fingerprint density at radius 3 is 2.94 bits per heavy atom. The van der Waals surface area contributed by atoms with Gasteiger partial charge in [-0.05, 0) is 56.9 Å². The first-order valence-corrected chi connectivity index (χ1v) is 6.26. The summed E-state index contributed by atoms with van der Waals surface area (Å²) < 4.78 is 5.66. The van der Waals surface area contributed by atoms with Gasteiger partial charge in [-0.2, -0.15) is 0 Å². The molecular weight excluding hydrogens is 200 g/mol. The molecule has 0 amide bonds. The lowest BCUT2D eigenvalue weighted by molar-refractivity contribution is 0.200. The molecule has 1 fully saturated rings. The van der Waals surface area contributed by atoms with Crippen LogP contribution in [-0.4, -0.2) is 24.5 Å². The van der Waals surface area contributed by atoms with Crippen LogP contribution in [0.1, 0.15) is 37.1 Å². The number of hydrogen-bond donors (Lipinski definition) is 1. The van der Waals surface area contributed by atoms with Gasteiger partial charge >= 0.3 is 0 Å². The van der Waals surface area contributed by atoms with Crippen molar-refractivity contribution in [1.82, 2.24) is 4.90 Å². The Labute approximate surface area is 97.6 Å². The third-order valence-electron chi connectivity index (χ3n) is 3.61. The van der Waals surface area contributed by atoms with Gasteiger partial charge in [0.1, 0.15) is 5.76 Å². The minimum atomic E-state index is 0.403. The summed E-state index contributed by atoms with van der Waals surface area (Å²) in [5.41, 5.74) is 7.13. The summed E-state index contributed by atoms with van der Waals surface area (Å²) >= 11 is 0. The summed E-state index contributed by atoms with van der Waals surface area (Å²) in [5.74, 6) is 1.68. The molecule has 2 heterocycles. The number of nitrogens with two attached hydrogens (primary N) is 1. The zero-order chi connectivity index (χ0) is 11.5. The molecule has 2 unspecified atom stereocenters. The highest BCUT2D eigenvalue weighted by Gasteiger charge is 2.36. The van der Waals surface area contributed by atoms with Crippen molar-refractivity contribution >= 4 is 0 Å². The lowest BCUT2D eigenvalue weighted by atomic mass is 9.96. The number of rotatable bonds is 4. The van der Waals surface area contributed by atoms with Crippen molar-refractivity contribution in [3.05, 3.63) is 23.7 Å². The third kappa shape index (κ3) is 2.02. The molecule has 1 aromatic heterocycles. The summed E-state index contributed by atoms with van der Waals surface area (Å²) in [6.45, 7) is 7.39. The van der Waals surface area contributed by atoms with Crippen molar-refractivity contribution in [3.63, 3.8) is 0 Å². The zero-order valence-corrected chi connectivity index (χ0v) is 10.3. The van der Waals surface area contributed by atoms with Gasteiger partial charge in [-0.1, -0.05) is 6.92 Å². The average molecular weight is 222 g/mol. The first-order valence-electron chi connectivity index (χ1n) is 6.26. The number of aryl methyl sites for hydroxylation is 1. The van der Waals surface area contributed by atoms with E-state index in [-0.39, 0.29) is 0 Å². The summed E-state index contributed by atoms with van der Waals surface area (Å²) in [6, 6.07) is 2.45. The maximum absolute atomic E-state index is 5.87. The lowest BCUT2D eigenvalue weighted by Crippen LogP contribution is -2.29. The highest BCUT2D eigenvalue weighted by Crippen LogP contribution is 2.38. The molecule has 0 bridgehead atoms. The van der Waals surface area contributed by atoms with Crippen LogP contribution in [-0.2, 0) is 0 Å². The lowest BCUT2D eigenvalue weighted by Gasteiger charge is -2.26. The molecule has 1 aliphatic rings. The topological polar surface area (TPSA) is 42.4 Å². The Morgan fingerprint density at radius 1 is 1.56 bits per heavy atom. The normalized spacial score (nSPS) is 26.4. The molecule has 0 spiro atoms. The van der Waals surface area contributed by atoms with E-state index in [0.29, 0.717) is 12.0 Å². The van der Waals surface area contributed by atoms with Crippen molar-refractivity contribution in [2.24, 2.45) is 11.7 Å². The number of hydrogen-bond acceptors (Lipinski definition) is 3. The van der Waals surface area contributed by atoms with Crippen LogP contribution in [0.4, 0.5) is 0 Å². The fraction of sp³-hybridized carbons (Fsp3) is 0.692. The predicted octanol–water partition coefficient (Wildman–Crippen LogP) is 2.32. The van der Waals surface area contributed by atoms with E-state index in [4.69, 9.17) is 10.2 Å². The molecule has 1 saturated heterocycles. The van der Waals surface area contributed by atoms with Crippen LogP contribution in [0.5, 0.6) is 0 Å². The molecular formula is C13H22N2O. The molecule has 3 nitrogen and oxygen atoms in total. The van der Waals surface area contributed by atoms with Crippen LogP contribution >= 0.6 is 0 Å². The number of likely N-dealkylation sites (tertiary alicyclic amines) is 1. The van der Waals surface area contributed by atoms with Crippen molar-refractivity contribution in [3.8, 4) is 0 Å². The Hall–Kier alpha value is -0.800. The van der Waals surface area contributed by atoms with Crippen LogP contribution in [0.2, 0.25) is 0 Å². The second-order valence-corrected chi connectivity index (χ2v) is 4.73. The van der Waals surface area contributed by atoms with Gasteiger partial charge in [-0.3, -0.25) is 4.90 Å². The summed E-state index contributed by atoms with van der Waals surface area (Å²) in [4.78, 5) is 2.52. The van der Waals surface area contributed by atoms with Crippen molar-refractivity contribution in [2.45, 2.75) is 32.7 Å². The van der Waals surface area contributed by atoms with Crippen molar-refractivity contribution in [1.29, 1.82) is 0 Å². The van der Waals surface area contributed by atoms with E-state index in [1.807, 2.05) is 6.07 Å². The van der Waals surface area contributed by atoms with Gasteiger partial charge < -0.3 is 10.2 Å². The zero-order valence-electron chi connectivity index (χ0n) is 10.3. The van der Waals surface area contributed by atoms with E-state index >= 15 is 0 Å². The first-order chi connectivity index (χ1) is 7.77. The fourth-order valence-corrected chi connectivity index (χ4v) is 2.78. The van der Waals surface area contributed by atoms with E-state index < -0.39 is 0 Å². The quantitative estimate of drug-likeness (QED) is 0.850. The average Bonchev–Trinajstić information content (AvgIpc) is 2.85. The number of furan rings is 1. The molecule has 2 N–H and O–H groups in total. The molecule has 90 valence electrons. The number of nitrogens with zero attached hydrogens (tertiary/aromatic N) is 1. The standard InChI is InChI=1S/C13H22N2O/c1-3-6-15-7-4-11(9-14)12(15)13-10(2)5-8-16-13/h5,8,11-12H,3-4,6-7,9,14H2,1-2H3. The van der Waals surface area contributed by atoms with Crippen molar-refractivity contribution in [2.75, 3.05) is 19.6 Å². The molecule has 0 radical (unpaired) electrons. The Morgan fingerprint density at radius 2 is 2.38 bits per heavy atom. The highest BCUT2D eigenvalue weighted by atomic mass is 16.3. The first kappa shape index (κ1) is 11.7. The Bertz CT molecular complexity index is 334. The van der Waals surface area contributed by atoms with E-state index in [0.717, 1.165) is 25.4 Å². The summed E-state index contributed by atoms with van der Waals surface area (Å²) in [5, 5.41) is 0.